The first-order chi connectivity index (χ1) is 30.7. The summed E-state index contributed by atoms with van der Waals surface area (Å²) in [4.78, 5) is 70.9. The van der Waals surface area contributed by atoms with Gasteiger partial charge in [0, 0.05) is 94.2 Å². The first kappa shape index (κ1) is 50.4. The first-order valence-electron chi connectivity index (χ1n) is 21.5. The summed E-state index contributed by atoms with van der Waals surface area (Å²) in [5.74, 6) is -1.64. The van der Waals surface area contributed by atoms with Crippen molar-refractivity contribution in [3.8, 4) is 23.0 Å². The first-order valence-corrected chi connectivity index (χ1v) is 21.5. The molecule has 19 nitrogen and oxygen atoms in total. The molecular formula is C45H60N6O13. The van der Waals surface area contributed by atoms with Crippen LogP contribution in [0.25, 0.3) is 0 Å². The Balaban J connectivity index is 0.000000303. The van der Waals surface area contributed by atoms with E-state index in [2.05, 4.69) is 10.6 Å². The molecule has 0 fully saturated rings. The van der Waals surface area contributed by atoms with Crippen LogP contribution in [0.3, 0.4) is 0 Å². The lowest BCUT2D eigenvalue weighted by molar-refractivity contribution is -0.166. The van der Waals surface area contributed by atoms with Crippen LogP contribution in [0, 0.1) is 0 Å². The summed E-state index contributed by atoms with van der Waals surface area (Å²) >= 11 is 0. The van der Waals surface area contributed by atoms with Gasteiger partial charge < -0.3 is 36.1 Å². The second kappa shape index (κ2) is 25.1. The molecule has 0 aliphatic carbocycles. The molecular weight excluding hydrogens is 833 g/mol. The number of phenols is 2. The third kappa shape index (κ3) is 14.4. The molecule has 0 bridgehead atoms. The van der Waals surface area contributed by atoms with Crippen LogP contribution in [-0.2, 0) is 34.3 Å². The van der Waals surface area contributed by atoms with Gasteiger partial charge in [0.25, 0.3) is 0 Å². The zero-order chi connectivity index (χ0) is 46.6. The number of esters is 1. The van der Waals surface area contributed by atoms with E-state index in [9.17, 15) is 54.6 Å². The van der Waals surface area contributed by atoms with E-state index in [0.717, 1.165) is 19.3 Å². The topological polar surface area (TPSA) is 282 Å². The highest BCUT2D eigenvalue weighted by Crippen LogP contribution is 2.56. The number of nitrogens with one attached hydrogen (secondary N) is 2. The van der Waals surface area contributed by atoms with E-state index in [1.165, 1.54) is 31.2 Å². The van der Waals surface area contributed by atoms with Gasteiger partial charge in [-0.1, -0.05) is 24.6 Å². The highest BCUT2D eigenvalue weighted by atomic mass is 16.6. The highest BCUT2D eigenvalue weighted by Gasteiger charge is 2.53. The average Bonchev–Trinajstić information content (AvgIpc) is 3.57. The highest BCUT2D eigenvalue weighted by molar-refractivity contribution is 5.97. The average molecular weight is 893 g/mol. The summed E-state index contributed by atoms with van der Waals surface area (Å²) in [6.07, 6.45) is 5.84. The van der Waals surface area contributed by atoms with Crippen LogP contribution in [0.1, 0.15) is 117 Å². The molecule has 3 aromatic rings. The number of amides is 5. The maximum Gasteiger partial charge on any atom is 0.340 e. The second-order valence-corrected chi connectivity index (χ2v) is 15.4. The number of nitrogens with two attached hydrogens (primary N) is 1. The predicted molar refractivity (Wildman–Crippen MR) is 229 cm³/mol. The number of benzene rings is 3. The SMILES string of the molecule is CC(=O)N(O)CCCCCNC(=O)CCC(=O)N(O)CCCCCNC(=O)CCC(=O)N(O)CCCCCN.O=C1OC2(c3ccc(O)cc3Oc3cc(O)ccc32)c2ccccc21. The zero-order valence-electron chi connectivity index (χ0n) is 36.1. The van der Waals surface area contributed by atoms with Gasteiger partial charge >= 0.3 is 5.97 Å². The van der Waals surface area contributed by atoms with Crippen molar-refractivity contribution in [3.05, 3.63) is 82.9 Å². The molecule has 0 saturated carbocycles. The molecule has 0 aromatic heterocycles. The number of phenolic OH excluding ortho intramolecular Hbond substituents is 2. The molecule has 2 aliphatic rings. The number of fused-ring (bicyclic) bond motifs is 6. The Morgan fingerprint density at radius 2 is 1.08 bits per heavy atom. The van der Waals surface area contributed by atoms with E-state index in [1.807, 2.05) is 12.1 Å². The van der Waals surface area contributed by atoms with Crippen LogP contribution in [0.15, 0.2) is 60.7 Å². The summed E-state index contributed by atoms with van der Waals surface area (Å²) in [5, 5.41) is 55.7. The van der Waals surface area contributed by atoms with E-state index in [-0.39, 0.29) is 68.6 Å². The van der Waals surface area contributed by atoms with Crippen LogP contribution < -0.4 is 21.1 Å². The van der Waals surface area contributed by atoms with Crippen LogP contribution in [0.5, 0.6) is 23.0 Å². The van der Waals surface area contributed by atoms with Crippen LogP contribution in [-0.4, -0.2) is 116 Å². The molecule has 0 saturated heterocycles. The molecule has 19 heteroatoms. The number of hydroxylamine groups is 6. The number of hydrogen-bond acceptors (Lipinski definition) is 14. The Morgan fingerprint density at radius 1 is 0.609 bits per heavy atom. The minimum atomic E-state index is -1.17. The molecule has 64 heavy (non-hydrogen) atoms. The van der Waals surface area contributed by atoms with Gasteiger partial charge in [0.2, 0.25) is 29.5 Å². The third-order valence-electron chi connectivity index (χ3n) is 10.6. The van der Waals surface area contributed by atoms with Gasteiger partial charge in [0.1, 0.15) is 23.0 Å². The van der Waals surface area contributed by atoms with E-state index in [1.54, 1.807) is 24.3 Å². The summed E-state index contributed by atoms with van der Waals surface area (Å²) in [5.41, 5.74) is 6.68. The third-order valence-corrected chi connectivity index (χ3v) is 10.6. The fourth-order valence-corrected chi connectivity index (χ4v) is 7.10. The number of unbranched alkanes of at least 4 members (excludes halogenated alkanes) is 6. The zero-order valence-corrected chi connectivity index (χ0v) is 36.1. The number of hydrogen-bond donors (Lipinski definition) is 8. The Hall–Kier alpha value is -6.28. The molecule has 348 valence electrons. The van der Waals surface area contributed by atoms with Gasteiger partial charge in [0.15, 0.2) is 5.60 Å². The van der Waals surface area contributed by atoms with E-state index in [4.69, 9.17) is 15.2 Å². The number of aromatic hydroxyl groups is 2. The Bertz CT molecular complexity index is 2030. The molecule has 1 spiro atoms. The van der Waals surface area contributed by atoms with Crippen LogP contribution >= 0.6 is 0 Å². The van der Waals surface area contributed by atoms with Gasteiger partial charge in [0.05, 0.1) is 5.56 Å². The van der Waals surface area contributed by atoms with Gasteiger partial charge in [-0.2, -0.15) is 0 Å². The lowest BCUT2D eigenvalue weighted by Crippen LogP contribution is -2.32. The maximum atomic E-state index is 12.5. The number of carbonyl (C=O) groups is 6. The lowest BCUT2D eigenvalue weighted by Gasteiger charge is -2.36. The van der Waals surface area contributed by atoms with Crippen molar-refractivity contribution >= 4 is 35.5 Å². The fraction of sp³-hybridized carbons (Fsp3) is 0.467. The molecule has 5 amide bonds. The van der Waals surface area contributed by atoms with Gasteiger partial charge in [-0.15, -0.1) is 0 Å². The number of ether oxygens (including phenoxy) is 2. The van der Waals surface area contributed by atoms with Crippen molar-refractivity contribution in [2.24, 2.45) is 5.73 Å². The molecule has 0 unspecified atom stereocenters. The largest absolute Gasteiger partial charge is 0.508 e. The summed E-state index contributed by atoms with van der Waals surface area (Å²) < 4.78 is 11.8. The van der Waals surface area contributed by atoms with Crippen molar-refractivity contribution in [1.29, 1.82) is 0 Å². The molecule has 3 aromatic carbocycles. The molecule has 0 atom stereocenters. The summed E-state index contributed by atoms with van der Waals surface area (Å²) in [7, 11) is 0. The number of rotatable bonds is 23. The summed E-state index contributed by atoms with van der Waals surface area (Å²) in [6.45, 7) is 3.22. The Morgan fingerprint density at radius 3 is 1.56 bits per heavy atom. The monoisotopic (exact) mass is 892 g/mol. The van der Waals surface area contributed by atoms with E-state index < -0.39 is 29.3 Å². The normalized spacial score (nSPS) is 12.6. The predicted octanol–water partition coefficient (Wildman–Crippen LogP) is 4.59. The van der Waals surface area contributed by atoms with Gasteiger partial charge in [-0.05, 0) is 88.2 Å². The fourth-order valence-electron chi connectivity index (χ4n) is 7.10. The van der Waals surface area contributed by atoms with E-state index >= 15 is 0 Å². The van der Waals surface area contributed by atoms with Crippen molar-refractivity contribution in [3.63, 3.8) is 0 Å². The molecule has 2 aliphatic heterocycles. The lowest BCUT2D eigenvalue weighted by atomic mass is 9.77. The summed E-state index contributed by atoms with van der Waals surface area (Å²) in [6, 6.07) is 16.6. The van der Waals surface area contributed by atoms with Crippen LogP contribution in [0.2, 0.25) is 0 Å². The molecule has 5 rings (SSSR count). The van der Waals surface area contributed by atoms with Crippen molar-refractivity contribution in [2.45, 2.75) is 96.0 Å². The molecule has 9 N–H and O–H groups in total. The van der Waals surface area contributed by atoms with Gasteiger partial charge in [-0.25, -0.2) is 20.0 Å². The smallest absolute Gasteiger partial charge is 0.340 e. The van der Waals surface area contributed by atoms with Crippen LogP contribution in [0.4, 0.5) is 0 Å². The van der Waals surface area contributed by atoms with Crippen molar-refractivity contribution in [1.82, 2.24) is 25.8 Å². The Labute approximate surface area is 371 Å². The minimum absolute atomic E-state index is 0.0191. The quantitative estimate of drug-likeness (QED) is 0.0280. The molecule has 2 heterocycles. The number of carbonyl (C=O) groups excluding carboxylic acids is 6. The number of nitrogens with zero attached hydrogens (tertiary/aromatic N) is 3. The Kier molecular flexibility index (Phi) is 19.8. The van der Waals surface area contributed by atoms with Gasteiger partial charge in [-0.3, -0.25) is 39.6 Å². The van der Waals surface area contributed by atoms with E-state index in [0.29, 0.717) is 107 Å². The maximum absolute atomic E-state index is 12.5. The van der Waals surface area contributed by atoms with Crippen molar-refractivity contribution < 1.29 is 64.1 Å². The second-order valence-electron chi connectivity index (χ2n) is 15.4. The minimum Gasteiger partial charge on any atom is -0.508 e. The molecule has 0 radical (unpaired) electrons. The standard InChI is InChI=1S/C25H48N6O8.C20H12O5/c1-21(32)29(37)18-9-3-6-16-27-22(33)12-14-25(36)31(39)20-10-4-7-17-28-23(34)11-13-24(35)30(38)19-8-2-5-15-26;21-11-5-7-15-17(9-11)24-18-10-12(22)6-8-16(18)20(15)14-4-2-1-3-13(14)19(23)25-20/h37-39H,2-20,26H2,1H3,(H,27,33)(H,28,34);1-10,21-22H. The van der Waals surface area contributed by atoms with Crippen molar-refractivity contribution in [2.75, 3.05) is 39.3 Å².